The smallest absolute Gasteiger partial charge is 0.225 e. The molecular weight excluding hydrogens is 374 g/mol. The average Bonchev–Trinajstić information content (AvgIpc) is 3.37. The fourth-order valence-electron chi connectivity index (χ4n) is 4.21. The lowest BCUT2D eigenvalue weighted by atomic mass is 10.0. The van der Waals surface area contributed by atoms with Gasteiger partial charge in [-0.25, -0.2) is 0 Å². The maximum Gasteiger partial charge on any atom is 0.225 e. The van der Waals surface area contributed by atoms with Gasteiger partial charge in [0.15, 0.2) is 5.82 Å². The summed E-state index contributed by atoms with van der Waals surface area (Å²) in [4.78, 5) is 14.3. The second kappa shape index (κ2) is 7.75. The molecule has 3 aromatic rings. The molecule has 1 amide bonds. The van der Waals surface area contributed by atoms with Crippen molar-refractivity contribution in [2.75, 3.05) is 13.1 Å². The molecule has 0 radical (unpaired) electrons. The fraction of sp³-hybridized carbons (Fsp3) is 0.333. The number of nitriles is 1. The highest BCUT2D eigenvalue weighted by molar-refractivity contribution is 5.81. The third-order valence-corrected chi connectivity index (χ3v) is 6.08. The molecule has 6 nitrogen and oxygen atoms in total. The summed E-state index contributed by atoms with van der Waals surface area (Å²) in [7, 11) is 0. The molecule has 5 rings (SSSR count). The summed E-state index contributed by atoms with van der Waals surface area (Å²) in [6.45, 7) is 2.54. The minimum absolute atomic E-state index is 0.295. The van der Waals surface area contributed by atoms with E-state index < -0.39 is 0 Å². The number of hydrogen-bond donors (Lipinski definition) is 0. The van der Waals surface area contributed by atoms with Crippen LogP contribution < -0.4 is 0 Å². The lowest BCUT2D eigenvalue weighted by Gasteiger charge is -2.17. The van der Waals surface area contributed by atoms with E-state index in [0.717, 1.165) is 61.4 Å². The highest BCUT2D eigenvalue weighted by atomic mass is 16.2. The molecule has 30 heavy (non-hydrogen) atoms. The van der Waals surface area contributed by atoms with Gasteiger partial charge in [0, 0.05) is 31.1 Å². The minimum atomic E-state index is 0.295. The second-order valence-electron chi connectivity index (χ2n) is 8.29. The van der Waals surface area contributed by atoms with Crippen LogP contribution in [-0.4, -0.2) is 38.7 Å². The van der Waals surface area contributed by atoms with Gasteiger partial charge in [0.2, 0.25) is 5.91 Å². The number of carbonyl (C=O) groups is 1. The van der Waals surface area contributed by atoms with Crippen LogP contribution in [0.15, 0.2) is 54.9 Å². The Kier molecular flexibility index (Phi) is 4.80. The van der Waals surface area contributed by atoms with E-state index in [-0.39, 0.29) is 0 Å². The van der Waals surface area contributed by atoms with Gasteiger partial charge in [0.1, 0.15) is 6.33 Å². The Morgan fingerprint density at radius 1 is 1.00 bits per heavy atom. The number of likely N-dealkylation sites (tertiary alicyclic amines) is 1. The molecule has 1 aromatic heterocycles. The van der Waals surface area contributed by atoms with Crippen LogP contribution in [0.2, 0.25) is 0 Å². The van der Waals surface area contributed by atoms with Gasteiger partial charge in [-0.05, 0) is 48.4 Å². The average molecular weight is 397 g/mol. The minimum Gasteiger partial charge on any atom is -0.342 e. The summed E-state index contributed by atoms with van der Waals surface area (Å²) in [5.41, 5.74) is 3.86. The number of amides is 1. The fourth-order valence-corrected chi connectivity index (χ4v) is 4.21. The third kappa shape index (κ3) is 3.71. The molecule has 1 aliphatic carbocycles. The molecule has 2 aliphatic rings. The number of rotatable bonds is 5. The van der Waals surface area contributed by atoms with Crippen LogP contribution in [0.25, 0.3) is 22.5 Å². The summed E-state index contributed by atoms with van der Waals surface area (Å²) in [6, 6.07) is 18.0. The quantitative estimate of drug-likeness (QED) is 0.657. The zero-order chi connectivity index (χ0) is 20.5. The monoisotopic (exact) mass is 397 g/mol. The predicted octanol–water partition coefficient (Wildman–Crippen LogP) is 3.74. The van der Waals surface area contributed by atoms with Crippen LogP contribution in [0.3, 0.4) is 0 Å². The van der Waals surface area contributed by atoms with E-state index in [2.05, 4.69) is 45.1 Å². The first-order valence-electron chi connectivity index (χ1n) is 10.5. The molecule has 6 heteroatoms. The highest BCUT2D eigenvalue weighted by Crippen LogP contribution is 2.33. The Morgan fingerprint density at radius 2 is 1.67 bits per heavy atom. The van der Waals surface area contributed by atoms with E-state index in [1.807, 2.05) is 29.2 Å². The summed E-state index contributed by atoms with van der Waals surface area (Å²) >= 11 is 0. The maximum atomic E-state index is 12.3. The maximum absolute atomic E-state index is 12.3. The van der Waals surface area contributed by atoms with Gasteiger partial charge >= 0.3 is 0 Å². The molecule has 0 unspecified atom stereocenters. The van der Waals surface area contributed by atoms with E-state index in [1.54, 1.807) is 6.33 Å². The van der Waals surface area contributed by atoms with E-state index in [1.165, 1.54) is 0 Å². The molecule has 0 N–H and O–H groups in total. The highest BCUT2D eigenvalue weighted by Gasteiger charge is 2.36. The third-order valence-electron chi connectivity index (χ3n) is 6.08. The van der Waals surface area contributed by atoms with Gasteiger partial charge in [-0.3, -0.25) is 4.79 Å². The predicted molar refractivity (Wildman–Crippen MR) is 113 cm³/mol. The van der Waals surface area contributed by atoms with Crippen LogP contribution in [0, 0.1) is 23.2 Å². The molecule has 0 spiro atoms. The topological polar surface area (TPSA) is 74.8 Å². The van der Waals surface area contributed by atoms with Crippen molar-refractivity contribution in [2.24, 2.45) is 11.8 Å². The Balaban J connectivity index is 1.28. The lowest BCUT2D eigenvalue weighted by Crippen LogP contribution is -2.30. The first-order chi connectivity index (χ1) is 14.7. The zero-order valence-corrected chi connectivity index (χ0v) is 16.7. The number of aromatic nitrogens is 3. The van der Waals surface area contributed by atoms with Crippen LogP contribution in [0.4, 0.5) is 0 Å². The molecule has 2 heterocycles. The van der Waals surface area contributed by atoms with E-state index in [9.17, 15) is 4.79 Å². The largest absolute Gasteiger partial charge is 0.342 e. The molecule has 150 valence electrons. The number of carbonyl (C=O) groups excluding carboxylic acids is 1. The number of hydrogen-bond acceptors (Lipinski definition) is 4. The molecular formula is C24H23N5O. The van der Waals surface area contributed by atoms with Crippen molar-refractivity contribution in [3.63, 3.8) is 0 Å². The van der Waals surface area contributed by atoms with Gasteiger partial charge < -0.3 is 9.47 Å². The molecule has 1 aliphatic heterocycles. The molecule has 1 saturated heterocycles. The summed E-state index contributed by atoms with van der Waals surface area (Å²) in [5, 5.41) is 17.4. The van der Waals surface area contributed by atoms with Gasteiger partial charge in [0.05, 0.1) is 11.6 Å². The summed E-state index contributed by atoms with van der Waals surface area (Å²) < 4.78 is 2.10. The molecule has 2 aromatic carbocycles. The van der Waals surface area contributed by atoms with Crippen molar-refractivity contribution in [2.45, 2.75) is 25.8 Å². The van der Waals surface area contributed by atoms with Crippen molar-refractivity contribution >= 4 is 5.91 Å². The second-order valence-corrected chi connectivity index (χ2v) is 8.29. The Hall–Kier alpha value is -3.46. The van der Waals surface area contributed by atoms with Crippen LogP contribution in [-0.2, 0) is 11.3 Å². The van der Waals surface area contributed by atoms with Crippen LogP contribution in [0.5, 0.6) is 0 Å². The van der Waals surface area contributed by atoms with Gasteiger partial charge in [-0.1, -0.05) is 36.4 Å². The van der Waals surface area contributed by atoms with Crippen LogP contribution >= 0.6 is 0 Å². The summed E-state index contributed by atoms with van der Waals surface area (Å²) in [5.74, 6) is 1.94. The van der Waals surface area contributed by atoms with Crippen LogP contribution in [0.1, 0.15) is 24.8 Å². The van der Waals surface area contributed by atoms with Crippen molar-refractivity contribution in [3.8, 4) is 28.6 Å². The zero-order valence-electron chi connectivity index (χ0n) is 16.7. The van der Waals surface area contributed by atoms with E-state index in [0.29, 0.717) is 23.3 Å². The first-order valence-corrected chi connectivity index (χ1v) is 10.5. The Morgan fingerprint density at radius 3 is 2.33 bits per heavy atom. The van der Waals surface area contributed by atoms with Crippen molar-refractivity contribution in [3.05, 3.63) is 60.4 Å². The molecule has 0 bridgehead atoms. The van der Waals surface area contributed by atoms with Crippen molar-refractivity contribution in [1.82, 2.24) is 19.7 Å². The normalized spacial score (nSPS) is 18.4. The first kappa shape index (κ1) is 18.6. The molecule has 1 atom stereocenters. The van der Waals surface area contributed by atoms with Gasteiger partial charge in [-0.15, -0.1) is 10.2 Å². The standard InChI is InChI=1S/C24H23N5O/c25-13-17-1-3-19(4-2-17)20-5-7-21(8-6-20)23-27-26-16-29(23)15-18-11-12-28(14-18)24(30)22-9-10-22/h1-8,16,18,22H,9-12,14-15H2/t18-/m0/s1. The lowest BCUT2D eigenvalue weighted by molar-refractivity contribution is -0.131. The van der Waals surface area contributed by atoms with Crippen molar-refractivity contribution < 1.29 is 4.79 Å². The van der Waals surface area contributed by atoms with Gasteiger partial charge in [0.25, 0.3) is 0 Å². The Labute approximate surface area is 175 Å². The number of benzene rings is 2. The summed E-state index contributed by atoms with van der Waals surface area (Å²) in [6.07, 6.45) is 4.95. The molecule has 1 saturated carbocycles. The molecule has 2 fully saturated rings. The van der Waals surface area contributed by atoms with E-state index >= 15 is 0 Å². The van der Waals surface area contributed by atoms with Crippen molar-refractivity contribution in [1.29, 1.82) is 5.26 Å². The van der Waals surface area contributed by atoms with E-state index in [4.69, 9.17) is 5.26 Å². The van der Waals surface area contributed by atoms with Gasteiger partial charge in [-0.2, -0.15) is 5.26 Å². The SMILES string of the molecule is N#Cc1ccc(-c2ccc(-c3nncn3C[C@H]3CCN(C(=O)C4CC4)C3)cc2)cc1. The Bertz CT molecular complexity index is 1090. The number of nitrogens with zero attached hydrogens (tertiary/aromatic N) is 5.